The summed E-state index contributed by atoms with van der Waals surface area (Å²) in [6.07, 6.45) is 0. The van der Waals surface area contributed by atoms with Gasteiger partial charge in [0, 0.05) is 16.9 Å². The molecular weight excluding hydrogens is 651 g/mol. The van der Waals surface area contributed by atoms with E-state index in [1.165, 1.54) is 66.4 Å². The van der Waals surface area contributed by atoms with Gasteiger partial charge in [0.1, 0.15) is 0 Å². The van der Waals surface area contributed by atoms with Crippen LogP contribution in [0.25, 0.3) is 44.2 Å². The van der Waals surface area contributed by atoms with Gasteiger partial charge in [-0.05, 0) is 91.2 Å². The first-order valence-corrected chi connectivity index (χ1v) is 18.7. The second-order valence-corrected chi connectivity index (χ2v) is 14.0. The van der Waals surface area contributed by atoms with Gasteiger partial charge in [-0.2, -0.15) is 0 Å². The zero-order chi connectivity index (χ0) is 35.9. The average molecular weight is 688 g/mol. The molecule has 0 aromatic heterocycles. The second kappa shape index (κ2) is 13.2. The normalized spacial score (nSPS) is 12.6. The van der Waals surface area contributed by atoms with Gasteiger partial charge in [0.25, 0.3) is 0 Å². The molecule has 9 aromatic carbocycles. The highest BCUT2D eigenvalue weighted by Crippen LogP contribution is 2.59. The summed E-state index contributed by atoms with van der Waals surface area (Å²) < 4.78 is 0. The monoisotopic (exact) mass is 687 g/mol. The second-order valence-electron chi connectivity index (χ2n) is 14.0. The van der Waals surface area contributed by atoms with Crippen molar-refractivity contribution in [2.45, 2.75) is 5.41 Å². The summed E-state index contributed by atoms with van der Waals surface area (Å²) in [5, 5.41) is 2.49. The Balaban J connectivity index is 1.21. The molecule has 254 valence electrons. The molecule has 9 aromatic rings. The molecule has 0 amide bonds. The van der Waals surface area contributed by atoms with Crippen LogP contribution in [0.5, 0.6) is 0 Å². The van der Waals surface area contributed by atoms with E-state index in [1.807, 2.05) is 0 Å². The lowest BCUT2D eigenvalue weighted by Gasteiger charge is -2.34. The summed E-state index contributed by atoms with van der Waals surface area (Å²) in [6, 6.07) is 81.9. The van der Waals surface area contributed by atoms with Crippen molar-refractivity contribution in [1.29, 1.82) is 0 Å². The van der Waals surface area contributed by atoms with Crippen molar-refractivity contribution >= 4 is 27.8 Å². The van der Waals surface area contributed by atoms with Crippen LogP contribution < -0.4 is 4.90 Å². The van der Waals surface area contributed by atoms with Crippen LogP contribution in [0.4, 0.5) is 17.1 Å². The van der Waals surface area contributed by atoms with E-state index in [2.05, 4.69) is 229 Å². The zero-order valence-electron chi connectivity index (χ0n) is 29.8. The number of nitrogens with zero attached hydrogens (tertiary/aromatic N) is 1. The third kappa shape index (κ3) is 5.01. The van der Waals surface area contributed by atoms with Gasteiger partial charge in [-0.25, -0.2) is 0 Å². The van der Waals surface area contributed by atoms with Crippen molar-refractivity contribution in [1.82, 2.24) is 0 Å². The van der Waals surface area contributed by atoms with Gasteiger partial charge in [0.15, 0.2) is 0 Å². The van der Waals surface area contributed by atoms with Crippen molar-refractivity contribution in [3.63, 3.8) is 0 Å². The van der Waals surface area contributed by atoms with E-state index >= 15 is 0 Å². The van der Waals surface area contributed by atoms with Gasteiger partial charge >= 0.3 is 0 Å². The summed E-state index contributed by atoms with van der Waals surface area (Å²) >= 11 is 0. The smallest absolute Gasteiger partial charge is 0.0714 e. The van der Waals surface area contributed by atoms with E-state index in [9.17, 15) is 0 Å². The number of hydrogen-bond donors (Lipinski definition) is 0. The van der Waals surface area contributed by atoms with Crippen LogP contribution in [0.2, 0.25) is 0 Å². The maximum absolute atomic E-state index is 2.45. The first-order valence-electron chi connectivity index (χ1n) is 18.7. The Hall–Kier alpha value is -6.96. The number of benzene rings is 9. The van der Waals surface area contributed by atoms with E-state index in [4.69, 9.17) is 0 Å². The van der Waals surface area contributed by atoms with Gasteiger partial charge in [-0.15, -0.1) is 0 Å². The molecule has 1 aliphatic rings. The van der Waals surface area contributed by atoms with Gasteiger partial charge in [-0.1, -0.05) is 194 Å². The number of para-hydroxylation sites is 1. The van der Waals surface area contributed by atoms with Crippen LogP contribution in [0.3, 0.4) is 0 Å². The van der Waals surface area contributed by atoms with E-state index in [-0.39, 0.29) is 0 Å². The lowest BCUT2D eigenvalue weighted by atomic mass is 9.68. The molecule has 0 unspecified atom stereocenters. The molecule has 0 N–H and O–H groups in total. The lowest BCUT2D eigenvalue weighted by Crippen LogP contribution is -2.28. The fraction of sp³-hybridized carbons (Fsp3) is 0.0189. The third-order valence-corrected chi connectivity index (χ3v) is 11.1. The molecule has 1 heteroatoms. The minimum absolute atomic E-state index is 0.478. The minimum Gasteiger partial charge on any atom is -0.310 e. The SMILES string of the molecule is c1ccc(-c2ccc(-c3cccc(N(c4ccccc4)c4cccc5c4-c4ccccc4C5(c4ccccc4)c4ccccc4)c3)c3ccccc23)cc1. The number of rotatable bonds is 7. The number of hydrogen-bond acceptors (Lipinski definition) is 1. The quantitative estimate of drug-likeness (QED) is 0.161. The standard InChI is InChI=1S/C53H37N/c1-5-19-38(20-6-1)44-35-36-45(47-30-14-13-29-46(44)47)39-21-17-28-43(37-39)54(42-26-11-4-12-27-42)51-34-18-33-50-52(51)48-31-15-16-32-49(48)53(50,40-22-7-2-8-23-40)41-24-9-3-10-25-41/h1-37H. The largest absolute Gasteiger partial charge is 0.310 e. The van der Waals surface area contributed by atoms with E-state index in [1.54, 1.807) is 0 Å². The van der Waals surface area contributed by atoms with Crippen molar-refractivity contribution in [2.75, 3.05) is 4.90 Å². The predicted octanol–water partition coefficient (Wildman–Crippen LogP) is 14.0. The molecule has 0 bridgehead atoms. The van der Waals surface area contributed by atoms with Crippen LogP contribution in [0, 0.1) is 0 Å². The van der Waals surface area contributed by atoms with Crippen LogP contribution in [-0.4, -0.2) is 0 Å². The van der Waals surface area contributed by atoms with Gasteiger partial charge < -0.3 is 4.90 Å². The van der Waals surface area contributed by atoms with Gasteiger partial charge in [0.2, 0.25) is 0 Å². The zero-order valence-corrected chi connectivity index (χ0v) is 29.8. The molecule has 0 radical (unpaired) electrons. The van der Waals surface area contributed by atoms with Crippen molar-refractivity contribution in [3.05, 3.63) is 247 Å². The Morgan fingerprint density at radius 1 is 0.315 bits per heavy atom. The molecule has 0 fully saturated rings. The molecule has 0 spiro atoms. The molecule has 0 heterocycles. The highest BCUT2D eigenvalue weighted by atomic mass is 15.1. The number of fused-ring (bicyclic) bond motifs is 4. The first kappa shape index (κ1) is 31.7. The Kier molecular flexibility index (Phi) is 7.78. The Morgan fingerprint density at radius 3 is 1.46 bits per heavy atom. The summed E-state index contributed by atoms with van der Waals surface area (Å²) in [5.74, 6) is 0. The number of anilines is 3. The molecule has 0 saturated carbocycles. The molecular formula is C53H37N. The Bertz CT molecular complexity index is 2710. The summed E-state index contributed by atoms with van der Waals surface area (Å²) in [5.41, 5.74) is 15.4. The first-order chi connectivity index (χ1) is 26.8. The van der Waals surface area contributed by atoms with E-state index in [0.29, 0.717) is 0 Å². The van der Waals surface area contributed by atoms with Crippen molar-refractivity contribution < 1.29 is 0 Å². The fourth-order valence-corrected chi connectivity index (χ4v) is 8.90. The molecule has 1 aliphatic carbocycles. The highest BCUT2D eigenvalue weighted by molar-refractivity contribution is 6.05. The van der Waals surface area contributed by atoms with Gasteiger partial charge in [0.05, 0.1) is 11.1 Å². The molecule has 0 saturated heterocycles. The molecule has 54 heavy (non-hydrogen) atoms. The average Bonchev–Trinajstić information content (AvgIpc) is 3.56. The van der Waals surface area contributed by atoms with E-state index in [0.717, 1.165) is 17.1 Å². The third-order valence-electron chi connectivity index (χ3n) is 11.1. The molecule has 0 atom stereocenters. The maximum atomic E-state index is 2.45. The van der Waals surface area contributed by atoms with Gasteiger partial charge in [-0.3, -0.25) is 0 Å². The van der Waals surface area contributed by atoms with Crippen LogP contribution in [0.15, 0.2) is 224 Å². The Morgan fingerprint density at radius 2 is 0.796 bits per heavy atom. The summed E-state index contributed by atoms with van der Waals surface area (Å²) in [4.78, 5) is 2.45. The van der Waals surface area contributed by atoms with Crippen LogP contribution >= 0.6 is 0 Å². The summed E-state index contributed by atoms with van der Waals surface area (Å²) in [7, 11) is 0. The van der Waals surface area contributed by atoms with Crippen molar-refractivity contribution in [3.8, 4) is 33.4 Å². The molecule has 0 aliphatic heterocycles. The molecule has 10 rings (SSSR count). The predicted molar refractivity (Wildman–Crippen MR) is 227 cm³/mol. The van der Waals surface area contributed by atoms with Crippen molar-refractivity contribution in [2.24, 2.45) is 0 Å². The highest BCUT2D eigenvalue weighted by Gasteiger charge is 2.47. The van der Waals surface area contributed by atoms with Crippen LogP contribution in [-0.2, 0) is 5.41 Å². The fourth-order valence-electron chi connectivity index (χ4n) is 8.90. The topological polar surface area (TPSA) is 3.24 Å². The summed E-state index contributed by atoms with van der Waals surface area (Å²) in [6.45, 7) is 0. The lowest BCUT2D eigenvalue weighted by molar-refractivity contribution is 0.768. The Labute approximate surface area is 317 Å². The molecule has 1 nitrogen and oxygen atoms in total. The van der Waals surface area contributed by atoms with E-state index < -0.39 is 5.41 Å². The van der Waals surface area contributed by atoms with Crippen LogP contribution in [0.1, 0.15) is 22.3 Å². The maximum Gasteiger partial charge on any atom is 0.0714 e. The minimum atomic E-state index is -0.478.